The smallest absolute Gasteiger partial charge is 0.00475 e. The highest BCUT2D eigenvalue weighted by Crippen LogP contribution is 2.38. The molecule has 88 valence electrons. The average molecular weight is 210 g/mol. The Morgan fingerprint density at radius 3 is 2.33 bits per heavy atom. The largest absolute Gasteiger partial charge is 0.330 e. The molecule has 3 atom stereocenters. The van der Waals surface area contributed by atoms with Gasteiger partial charge in [-0.15, -0.1) is 0 Å². The monoisotopic (exact) mass is 210 g/mol. The number of nitrogens with zero attached hydrogens (tertiary/aromatic N) is 1. The van der Waals surface area contributed by atoms with E-state index in [-0.39, 0.29) is 0 Å². The van der Waals surface area contributed by atoms with Gasteiger partial charge in [-0.25, -0.2) is 0 Å². The van der Waals surface area contributed by atoms with Crippen LogP contribution in [0, 0.1) is 17.3 Å². The van der Waals surface area contributed by atoms with Crippen molar-refractivity contribution in [1.29, 1.82) is 0 Å². The molecule has 2 N–H and O–H groups in total. The van der Waals surface area contributed by atoms with Gasteiger partial charge < -0.3 is 10.6 Å². The van der Waals surface area contributed by atoms with E-state index in [0.29, 0.717) is 5.41 Å². The molecule has 3 unspecified atom stereocenters. The molecular weight excluding hydrogens is 184 g/mol. The zero-order valence-corrected chi connectivity index (χ0v) is 10.3. The minimum atomic E-state index is 0.346. The first-order valence-electron chi connectivity index (χ1n) is 6.59. The molecule has 0 aromatic rings. The molecule has 1 heterocycles. The molecule has 2 rings (SSSR count). The quantitative estimate of drug-likeness (QED) is 0.770. The Labute approximate surface area is 94.2 Å². The molecule has 0 radical (unpaired) electrons. The van der Waals surface area contributed by atoms with Gasteiger partial charge in [0.1, 0.15) is 0 Å². The van der Waals surface area contributed by atoms with Crippen molar-refractivity contribution in [3.05, 3.63) is 0 Å². The molecule has 15 heavy (non-hydrogen) atoms. The van der Waals surface area contributed by atoms with E-state index in [9.17, 15) is 0 Å². The highest BCUT2D eigenvalue weighted by Gasteiger charge is 2.37. The maximum atomic E-state index is 5.88. The highest BCUT2D eigenvalue weighted by atomic mass is 15.2. The van der Waals surface area contributed by atoms with Gasteiger partial charge in [-0.3, -0.25) is 0 Å². The maximum absolute atomic E-state index is 5.88. The van der Waals surface area contributed by atoms with Crippen LogP contribution in [0.2, 0.25) is 0 Å². The van der Waals surface area contributed by atoms with Gasteiger partial charge in [0.05, 0.1) is 0 Å². The first kappa shape index (κ1) is 11.4. The summed E-state index contributed by atoms with van der Waals surface area (Å²) in [4.78, 5) is 2.67. The number of hydrogen-bond donors (Lipinski definition) is 1. The van der Waals surface area contributed by atoms with E-state index in [1.54, 1.807) is 0 Å². The third kappa shape index (κ3) is 2.36. The van der Waals surface area contributed by atoms with Crippen molar-refractivity contribution in [2.75, 3.05) is 26.2 Å². The van der Waals surface area contributed by atoms with Crippen LogP contribution in [0.25, 0.3) is 0 Å². The van der Waals surface area contributed by atoms with Crippen molar-refractivity contribution in [3.8, 4) is 0 Å². The van der Waals surface area contributed by atoms with Crippen LogP contribution in [0.3, 0.4) is 0 Å². The summed E-state index contributed by atoms with van der Waals surface area (Å²) < 4.78 is 0. The van der Waals surface area contributed by atoms with Crippen molar-refractivity contribution in [2.24, 2.45) is 23.0 Å². The predicted octanol–water partition coefficient (Wildman–Crippen LogP) is 2.09. The van der Waals surface area contributed by atoms with E-state index in [1.807, 2.05) is 0 Å². The van der Waals surface area contributed by atoms with Gasteiger partial charge in [-0.1, -0.05) is 20.3 Å². The second-order valence-corrected chi connectivity index (χ2v) is 6.01. The van der Waals surface area contributed by atoms with Crippen molar-refractivity contribution in [3.63, 3.8) is 0 Å². The third-order valence-corrected chi connectivity index (χ3v) is 4.75. The van der Waals surface area contributed by atoms with E-state index in [4.69, 9.17) is 5.73 Å². The van der Waals surface area contributed by atoms with Crippen LogP contribution in [-0.4, -0.2) is 31.1 Å². The Hall–Kier alpha value is -0.0800. The van der Waals surface area contributed by atoms with Crippen molar-refractivity contribution >= 4 is 0 Å². The summed E-state index contributed by atoms with van der Waals surface area (Å²) in [6.45, 7) is 9.34. The summed E-state index contributed by atoms with van der Waals surface area (Å²) in [6, 6.07) is 0. The number of fused-ring (bicyclic) bond motifs is 1. The lowest BCUT2D eigenvalue weighted by molar-refractivity contribution is 0.182. The summed E-state index contributed by atoms with van der Waals surface area (Å²) in [5, 5.41) is 0. The Morgan fingerprint density at radius 2 is 1.87 bits per heavy atom. The number of rotatable bonds is 4. The Morgan fingerprint density at radius 1 is 1.27 bits per heavy atom. The summed E-state index contributed by atoms with van der Waals surface area (Å²) in [7, 11) is 0. The van der Waals surface area contributed by atoms with Crippen LogP contribution in [0.5, 0.6) is 0 Å². The summed E-state index contributed by atoms with van der Waals surface area (Å²) >= 11 is 0. The van der Waals surface area contributed by atoms with Gasteiger partial charge in [-0.2, -0.15) is 0 Å². The lowest BCUT2D eigenvalue weighted by Crippen LogP contribution is -2.39. The Balaban J connectivity index is 1.86. The molecule has 1 aliphatic carbocycles. The summed E-state index contributed by atoms with van der Waals surface area (Å²) in [5.41, 5.74) is 6.23. The minimum Gasteiger partial charge on any atom is -0.330 e. The van der Waals surface area contributed by atoms with E-state index < -0.39 is 0 Å². The fraction of sp³-hybridized carbons (Fsp3) is 1.00. The number of nitrogens with two attached hydrogens (primary N) is 1. The van der Waals surface area contributed by atoms with Gasteiger partial charge in [0.15, 0.2) is 0 Å². The van der Waals surface area contributed by atoms with Crippen molar-refractivity contribution in [1.82, 2.24) is 4.90 Å². The minimum absolute atomic E-state index is 0.346. The van der Waals surface area contributed by atoms with Gasteiger partial charge in [0.2, 0.25) is 0 Å². The molecule has 0 aromatic heterocycles. The normalized spacial score (nSPS) is 35.4. The molecule has 0 amide bonds. The van der Waals surface area contributed by atoms with E-state index in [2.05, 4.69) is 18.7 Å². The van der Waals surface area contributed by atoms with Crippen molar-refractivity contribution < 1.29 is 0 Å². The fourth-order valence-electron chi connectivity index (χ4n) is 3.32. The topological polar surface area (TPSA) is 29.3 Å². The molecule has 0 spiro atoms. The van der Waals surface area contributed by atoms with E-state index >= 15 is 0 Å². The fourth-order valence-corrected chi connectivity index (χ4v) is 3.32. The van der Waals surface area contributed by atoms with Gasteiger partial charge in [0.25, 0.3) is 0 Å². The zero-order valence-electron chi connectivity index (χ0n) is 10.3. The molecule has 2 aliphatic rings. The zero-order chi connectivity index (χ0) is 10.9. The van der Waals surface area contributed by atoms with Crippen molar-refractivity contribution in [2.45, 2.75) is 39.5 Å². The van der Waals surface area contributed by atoms with Gasteiger partial charge in [0, 0.05) is 19.6 Å². The third-order valence-electron chi connectivity index (χ3n) is 4.75. The van der Waals surface area contributed by atoms with Crippen LogP contribution in [0.15, 0.2) is 0 Å². The molecule has 2 nitrogen and oxygen atoms in total. The molecule has 1 aliphatic heterocycles. The highest BCUT2D eigenvalue weighted by molar-refractivity contribution is 4.91. The van der Waals surface area contributed by atoms with Gasteiger partial charge in [-0.05, 0) is 43.1 Å². The summed E-state index contributed by atoms with van der Waals surface area (Å²) in [6.07, 6.45) is 5.64. The van der Waals surface area contributed by atoms with E-state index in [0.717, 1.165) is 18.4 Å². The molecule has 0 bridgehead atoms. The molecule has 1 saturated heterocycles. The second-order valence-electron chi connectivity index (χ2n) is 6.01. The molecular formula is C13H26N2. The molecule has 2 heteroatoms. The average Bonchev–Trinajstić information content (AvgIpc) is 2.77. The lowest BCUT2D eigenvalue weighted by atomic mass is 9.87. The second kappa shape index (κ2) is 4.42. The maximum Gasteiger partial charge on any atom is 0.00475 e. The van der Waals surface area contributed by atoms with Crippen LogP contribution < -0.4 is 5.73 Å². The first-order chi connectivity index (χ1) is 7.17. The predicted molar refractivity (Wildman–Crippen MR) is 64.7 cm³/mol. The molecule has 2 fully saturated rings. The first-order valence-corrected chi connectivity index (χ1v) is 6.59. The Kier molecular flexibility index (Phi) is 3.36. The SMILES string of the molecule is CCC(C)(CN)CN1CC2CCCC2C1. The molecule has 0 aromatic carbocycles. The standard InChI is InChI=1S/C13H26N2/c1-3-13(2,9-14)10-15-7-11-5-4-6-12(11)8-15/h11-12H,3-10,14H2,1-2H3. The van der Waals surface area contributed by atoms with E-state index in [1.165, 1.54) is 45.3 Å². The van der Waals surface area contributed by atoms with Crippen LogP contribution in [0.4, 0.5) is 0 Å². The van der Waals surface area contributed by atoms with Crippen LogP contribution in [0.1, 0.15) is 39.5 Å². The van der Waals surface area contributed by atoms with Crippen LogP contribution >= 0.6 is 0 Å². The lowest BCUT2D eigenvalue weighted by Gasteiger charge is -2.32. The summed E-state index contributed by atoms with van der Waals surface area (Å²) in [5.74, 6) is 2.03. The van der Waals surface area contributed by atoms with Gasteiger partial charge >= 0.3 is 0 Å². The molecule has 1 saturated carbocycles. The number of likely N-dealkylation sites (tertiary alicyclic amines) is 1. The van der Waals surface area contributed by atoms with Crippen LogP contribution in [-0.2, 0) is 0 Å². The number of hydrogen-bond acceptors (Lipinski definition) is 2. The Bertz CT molecular complexity index is 199.